The Morgan fingerprint density at radius 2 is 1.88 bits per heavy atom. The van der Waals surface area contributed by atoms with Crippen LogP contribution in [-0.2, 0) is 23.9 Å². The number of aldehydes is 1. The fourth-order valence-corrected chi connectivity index (χ4v) is 1.88. The number of hydrogen-bond donors (Lipinski definition) is 0. The minimum atomic E-state index is -1.15. The molecule has 7 nitrogen and oxygen atoms in total. The highest BCUT2D eigenvalue weighted by Gasteiger charge is 2.22. The van der Waals surface area contributed by atoms with E-state index in [2.05, 4.69) is 20.7 Å². The van der Waals surface area contributed by atoms with E-state index < -0.39 is 24.0 Å². The number of hydrogen-bond acceptors (Lipinski definition) is 7. The summed E-state index contributed by atoms with van der Waals surface area (Å²) in [4.78, 5) is 45.4. The molecular formula is C16H15BrO7. The van der Waals surface area contributed by atoms with Crippen LogP contribution in [0, 0.1) is 0 Å². The van der Waals surface area contributed by atoms with Crippen LogP contribution in [-0.4, -0.2) is 37.4 Å². The zero-order valence-corrected chi connectivity index (χ0v) is 14.6. The Morgan fingerprint density at radius 3 is 2.46 bits per heavy atom. The Morgan fingerprint density at radius 1 is 1.21 bits per heavy atom. The van der Waals surface area contributed by atoms with Crippen LogP contribution in [0.3, 0.4) is 0 Å². The SMILES string of the molecule is CCC(OC(=O)/C=C\C(=O)OC)C(=O)Oc1ccc(Br)c(C=O)c1. The molecule has 1 unspecified atom stereocenters. The van der Waals surface area contributed by atoms with Crippen molar-refractivity contribution in [3.8, 4) is 5.75 Å². The molecule has 0 spiro atoms. The second kappa shape index (κ2) is 9.61. The molecule has 8 heteroatoms. The van der Waals surface area contributed by atoms with Gasteiger partial charge < -0.3 is 14.2 Å². The summed E-state index contributed by atoms with van der Waals surface area (Å²) in [6.07, 6.45) is 1.37. The van der Waals surface area contributed by atoms with Crippen LogP contribution in [0.25, 0.3) is 0 Å². The molecule has 0 amide bonds. The predicted molar refractivity (Wildman–Crippen MR) is 86.5 cm³/mol. The zero-order valence-electron chi connectivity index (χ0n) is 13.0. The second-order valence-corrected chi connectivity index (χ2v) is 5.27. The van der Waals surface area contributed by atoms with Crippen molar-refractivity contribution < 1.29 is 33.4 Å². The number of halogens is 1. The van der Waals surface area contributed by atoms with Crippen LogP contribution in [0.15, 0.2) is 34.8 Å². The van der Waals surface area contributed by atoms with Gasteiger partial charge in [0.2, 0.25) is 0 Å². The first-order chi connectivity index (χ1) is 11.4. The lowest BCUT2D eigenvalue weighted by molar-refractivity contribution is -0.159. The van der Waals surface area contributed by atoms with Gasteiger partial charge in [0.15, 0.2) is 12.4 Å². The summed E-state index contributed by atoms with van der Waals surface area (Å²) >= 11 is 3.18. The van der Waals surface area contributed by atoms with Crippen molar-refractivity contribution in [3.05, 3.63) is 40.4 Å². The molecule has 0 aromatic heterocycles. The number of ether oxygens (including phenoxy) is 3. The van der Waals surface area contributed by atoms with Crippen molar-refractivity contribution in [2.75, 3.05) is 7.11 Å². The van der Waals surface area contributed by atoms with Crippen LogP contribution >= 0.6 is 15.9 Å². The maximum absolute atomic E-state index is 12.0. The van der Waals surface area contributed by atoms with Gasteiger partial charge in [-0.3, -0.25) is 4.79 Å². The lowest BCUT2D eigenvalue weighted by Crippen LogP contribution is -2.30. The highest BCUT2D eigenvalue weighted by atomic mass is 79.9. The standard InChI is InChI=1S/C16H15BrO7/c1-3-13(24-15(20)7-6-14(19)22-2)16(21)23-11-4-5-12(17)10(8-11)9-18/h4-9,13H,3H2,1-2H3/b7-6-. The van der Waals surface area contributed by atoms with Crippen LogP contribution in [0.2, 0.25) is 0 Å². The largest absolute Gasteiger partial charge is 0.466 e. The molecule has 1 rings (SSSR count). The molecule has 0 aliphatic heterocycles. The fourth-order valence-electron chi connectivity index (χ4n) is 1.54. The van der Waals surface area contributed by atoms with E-state index in [1.54, 1.807) is 13.0 Å². The summed E-state index contributed by atoms with van der Waals surface area (Å²) < 4.78 is 14.9. The van der Waals surface area contributed by atoms with Gasteiger partial charge in [-0.1, -0.05) is 22.9 Å². The maximum Gasteiger partial charge on any atom is 0.352 e. The van der Waals surface area contributed by atoms with Crippen LogP contribution in [0.4, 0.5) is 0 Å². The molecule has 0 saturated carbocycles. The van der Waals surface area contributed by atoms with E-state index in [0.29, 0.717) is 16.3 Å². The molecule has 0 aliphatic rings. The van der Waals surface area contributed by atoms with E-state index in [1.807, 2.05) is 0 Å². The summed E-state index contributed by atoms with van der Waals surface area (Å²) in [7, 11) is 1.16. The molecule has 0 fully saturated rings. The van der Waals surface area contributed by atoms with E-state index in [4.69, 9.17) is 9.47 Å². The number of rotatable bonds is 7. The minimum absolute atomic E-state index is 0.143. The summed E-state index contributed by atoms with van der Waals surface area (Å²) in [5, 5.41) is 0. The van der Waals surface area contributed by atoms with Gasteiger partial charge in [-0.05, 0) is 24.6 Å². The van der Waals surface area contributed by atoms with Gasteiger partial charge in [0.05, 0.1) is 7.11 Å². The molecule has 0 N–H and O–H groups in total. The van der Waals surface area contributed by atoms with E-state index >= 15 is 0 Å². The third-order valence-electron chi connectivity index (χ3n) is 2.76. The highest BCUT2D eigenvalue weighted by Crippen LogP contribution is 2.21. The van der Waals surface area contributed by atoms with Crippen molar-refractivity contribution in [1.29, 1.82) is 0 Å². The molecule has 1 atom stereocenters. The summed E-state index contributed by atoms with van der Waals surface area (Å²) in [5.74, 6) is -2.26. The quantitative estimate of drug-likeness (QED) is 0.300. The van der Waals surface area contributed by atoms with Gasteiger partial charge >= 0.3 is 17.9 Å². The molecule has 0 saturated heterocycles. The molecule has 0 aliphatic carbocycles. The number of methoxy groups -OCH3 is 1. The second-order valence-electron chi connectivity index (χ2n) is 4.41. The molecule has 0 bridgehead atoms. The van der Waals surface area contributed by atoms with E-state index in [-0.39, 0.29) is 12.2 Å². The summed E-state index contributed by atoms with van der Waals surface area (Å²) in [6, 6.07) is 4.42. The van der Waals surface area contributed by atoms with E-state index in [9.17, 15) is 19.2 Å². The van der Waals surface area contributed by atoms with Crippen LogP contribution < -0.4 is 4.74 Å². The van der Waals surface area contributed by atoms with Crippen molar-refractivity contribution in [2.24, 2.45) is 0 Å². The minimum Gasteiger partial charge on any atom is -0.466 e. The third kappa shape index (κ3) is 5.96. The number of esters is 3. The normalized spacial score (nSPS) is 11.6. The topological polar surface area (TPSA) is 96.0 Å². The van der Waals surface area contributed by atoms with Gasteiger partial charge in [-0.2, -0.15) is 0 Å². The Hall–Kier alpha value is -2.48. The summed E-state index contributed by atoms with van der Waals surface area (Å²) in [6.45, 7) is 1.63. The first-order valence-electron chi connectivity index (χ1n) is 6.84. The Kier molecular flexibility index (Phi) is 7.84. The van der Waals surface area contributed by atoms with Crippen molar-refractivity contribution in [3.63, 3.8) is 0 Å². The number of benzene rings is 1. The molecule has 0 heterocycles. The Labute approximate surface area is 146 Å². The first-order valence-corrected chi connectivity index (χ1v) is 7.63. The Bertz CT molecular complexity index is 666. The molecule has 0 radical (unpaired) electrons. The molecule has 24 heavy (non-hydrogen) atoms. The number of carbonyl (C=O) groups is 4. The average Bonchev–Trinajstić information content (AvgIpc) is 2.58. The monoisotopic (exact) mass is 398 g/mol. The van der Waals surface area contributed by atoms with Crippen LogP contribution in [0.5, 0.6) is 5.75 Å². The lowest BCUT2D eigenvalue weighted by atomic mass is 10.2. The third-order valence-corrected chi connectivity index (χ3v) is 3.48. The van der Waals surface area contributed by atoms with Gasteiger partial charge in [0.1, 0.15) is 5.75 Å². The maximum atomic E-state index is 12.0. The van der Waals surface area contributed by atoms with Crippen molar-refractivity contribution in [2.45, 2.75) is 19.4 Å². The number of carbonyl (C=O) groups excluding carboxylic acids is 4. The van der Waals surface area contributed by atoms with Crippen molar-refractivity contribution in [1.82, 2.24) is 0 Å². The highest BCUT2D eigenvalue weighted by molar-refractivity contribution is 9.10. The average molecular weight is 399 g/mol. The first kappa shape index (κ1) is 19.6. The van der Waals surface area contributed by atoms with Gasteiger partial charge in [0.25, 0.3) is 0 Å². The molecular weight excluding hydrogens is 384 g/mol. The van der Waals surface area contributed by atoms with Gasteiger partial charge in [-0.25, -0.2) is 14.4 Å². The lowest BCUT2D eigenvalue weighted by Gasteiger charge is -2.14. The molecule has 1 aromatic carbocycles. The van der Waals surface area contributed by atoms with Gasteiger partial charge in [0, 0.05) is 22.2 Å². The van der Waals surface area contributed by atoms with Crippen LogP contribution in [0.1, 0.15) is 23.7 Å². The Balaban J connectivity index is 2.73. The molecule has 128 valence electrons. The van der Waals surface area contributed by atoms with E-state index in [0.717, 1.165) is 19.3 Å². The van der Waals surface area contributed by atoms with Gasteiger partial charge in [-0.15, -0.1) is 0 Å². The van der Waals surface area contributed by atoms with Crippen molar-refractivity contribution >= 4 is 40.1 Å². The predicted octanol–water partition coefficient (Wildman–Crippen LogP) is 2.22. The molecule has 1 aromatic rings. The smallest absolute Gasteiger partial charge is 0.352 e. The zero-order chi connectivity index (χ0) is 18.1. The summed E-state index contributed by atoms with van der Waals surface area (Å²) in [5.41, 5.74) is 0.311. The van der Waals surface area contributed by atoms with E-state index in [1.165, 1.54) is 12.1 Å². The fraction of sp³-hybridized carbons (Fsp3) is 0.250.